The largest absolute Gasteiger partial charge is 0.435 e. The molecule has 0 bridgehead atoms. The lowest BCUT2D eigenvalue weighted by Gasteiger charge is -2.05. The predicted molar refractivity (Wildman–Crippen MR) is 98.4 cm³/mol. The maximum Gasteiger partial charge on any atom is 0.387 e. The summed E-state index contributed by atoms with van der Waals surface area (Å²) in [5.74, 6) is -0.852. The molecule has 140 valence electrons. The Balaban J connectivity index is 2.09. The first kappa shape index (κ1) is 18.8. The van der Waals surface area contributed by atoms with Gasteiger partial charge in [-0.2, -0.15) is 19.1 Å². The number of primary amides is 1. The number of hydrogen-bond acceptors (Lipinski definition) is 4. The van der Waals surface area contributed by atoms with E-state index in [1.54, 1.807) is 29.1 Å². The Hall–Kier alpha value is -3.99. The molecule has 28 heavy (non-hydrogen) atoms. The molecule has 0 saturated heterocycles. The van der Waals surface area contributed by atoms with Gasteiger partial charge in [0, 0.05) is 17.3 Å². The number of benzene rings is 2. The molecule has 3 aromatic rings. The standard InChI is InChI=1S/C20H14F2N4O2/c21-20(22)28-17-8-6-13(7-9-17)18-15(10-14(11-23)19(24)27)12-26(25-18)16-4-2-1-3-5-16/h1-10,12,20H,(H2,24,27). The molecule has 0 saturated carbocycles. The number of carbonyl (C=O) groups is 1. The molecule has 2 aromatic carbocycles. The van der Waals surface area contributed by atoms with Gasteiger partial charge in [-0.3, -0.25) is 4.79 Å². The minimum Gasteiger partial charge on any atom is -0.435 e. The summed E-state index contributed by atoms with van der Waals surface area (Å²) in [4.78, 5) is 11.4. The molecular formula is C20H14F2N4O2. The highest BCUT2D eigenvalue weighted by Gasteiger charge is 2.14. The Morgan fingerprint density at radius 3 is 2.43 bits per heavy atom. The van der Waals surface area contributed by atoms with E-state index in [2.05, 4.69) is 9.84 Å². The van der Waals surface area contributed by atoms with E-state index in [-0.39, 0.29) is 11.3 Å². The number of para-hydroxylation sites is 1. The predicted octanol–water partition coefficient (Wildman–Crippen LogP) is 3.53. The monoisotopic (exact) mass is 380 g/mol. The summed E-state index contributed by atoms with van der Waals surface area (Å²) in [5.41, 5.74) is 7.26. The van der Waals surface area contributed by atoms with Crippen molar-refractivity contribution in [3.05, 3.63) is 71.9 Å². The summed E-state index contributed by atoms with van der Waals surface area (Å²) in [5, 5.41) is 13.6. The molecule has 0 radical (unpaired) electrons. The summed E-state index contributed by atoms with van der Waals surface area (Å²) in [6.45, 7) is -2.92. The van der Waals surface area contributed by atoms with E-state index in [0.717, 1.165) is 5.69 Å². The second-order valence-corrected chi connectivity index (χ2v) is 5.65. The highest BCUT2D eigenvalue weighted by Crippen LogP contribution is 2.28. The minimum absolute atomic E-state index is 0.00758. The zero-order chi connectivity index (χ0) is 20.1. The van der Waals surface area contributed by atoms with Crippen molar-refractivity contribution in [3.63, 3.8) is 0 Å². The Kier molecular flexibility index (Phi) is 5.46. The van der Waals surface area contributed by atoms with Crippen LogP contribution in [0.4, 0.5) is 8.78 Å². The van der Waals surface area contributed by atoms with Crippen LogP contribution < -0.4 is 10.5 Å². The van der Waals surface area contributed by atoms with Crippen molar-refractivity contribution in [3.8, 4) is 28.8 Å². The van der Waals surface area contributed by atoms with Gasteiger partial charge in [0.15, 0.2) is 0 Å². The van der Waals surface area contributed by atoms with E-state index in [1.807, 2.05) is 30.3 Å². The maximum atomic E-state index is 12.3. The number of nitrogens with two attached hydrogens (primary N) is 1. The normalized spacial score (nSPS) is 11.3. The number of aromatic nitrogens is 2. The number of halogens is 2. The molecule has 2 N–H and O–H groups in total. The third-order valence-corrected chi connectivity index (χ3v) is 3.80. The van der Waals surface area contributed by atoms with Crippen LogP contribution in [-0.2, 0) is 4.79 Å². The van der Waals surface area contributed by atoms with Crippen molar-refractivity contribution in [1.29, 1.82) is 5.26 Å². The average Bonchev–Trinajstić information content (AvgIpc) is 3.10. The molecule has 8 heteroatoms. The molecule has 6 nitrogen and oxygen atoms in total. The van der Waals surface area contributed by atoms with Gasteiger partial charge in [0.25, 0.3) is 5.91 Å². The van der Waals surface area contributed by atoms with E-state index in [9.17, 15) is 13.6 Å². The Morgan fingerprint density at radius 2 is 1.86 bits per heavy atom. The molecule has 0 atom stereocenters. The quantitative estimate of drug-likeness (QED) is 0.523. The average molecular weight is 380 g/mol. The molecule has 0 fully saturated rings. The molecule has 0 aliphatic carbocycles. The lowest BCUT2D eigenvalue weighted by molar-refractivity contribution is -0.114. The number of ether oxygens (including phenoxy) is 1. The van der Waals surface area contributed by atoms with E-state index in [0.29, 0.717) is 16.8 Å². The van der Waals surface area contributed by atoms with Crippen molar-refractivity contribution in [2.24, 2.45) is 5.73 Å². The third kappa shape index (κ3) is 4.22. The van der Waals surface area contributed by atoms with E-state index < -0.39 is 12.5 Å². The van der Waals surface area contributed by atoms with Gasteiger partial charge in [-0.15, -0.1) is 0 Å². The van der Waals surface area contributed by atoms with Crippen LogP contribution in [0.5, 0.6) is 5.75 Å². The van der Waals surface area contributed by atoms with Crippen LogP contribution in [0.3, 0.4) is 0 Å². The van der Waals surface area contributed by atoms with Gasteiger partial charge in [-0.05, 0) is 42.5 Å². The Bertz CT molecular complexity index is 1050. The smallest absolute Gasteiger partial charge is 0.387 e. The Morgan fingerprint density at radius 1 is 1.18 bits per heavy atom. The summed E-state index contributed by atoms with van der Waals surface area (Å²) >= 11 is 0. The van der Waals surface area contributed by atoms with Gasteiger partial charge in [0.1, 0.15) is 17.4 Å². The highest BCUT2D eigenvalue weighted by molar-refractivity contribution is 6.01. The fourth-order valence-electron chi connectivity index (χ4n) is 2.54. The van der Waals surface area contributed by atoms with Gasteiger partial charge in [0.2, 0.25) is 0 Å². The van der Waals surface area contributed by atoms with Crippen LogP contribution >= 0.6 is 0 Å². The molecule has 1 aromatic heterocycles. The zero-order valence-electron chi connectivity index (χ0n) is 14.4. The first-order chi connectivity index (χ1) is 13.5. The zero-order valence-corrected chi connectivity index (χ0v) is 14.4. The summed E-state index contributed by atoms with van der Waals surface area (Å²) in [6.07, 6.45) is 2.99. The first-order valence-corrected chi connectivity index (χ1v) is 8.10. The third-order valence-electron chi connectivity index (χ3n) is 3.80. The van der Waals surface area contributed by atoms with Crippen LogP contribution in [0.2, 0.25) is 0 Å². The fraction of sp³-hybridized carbons (Fsp3) is 0.0500. The minimum atomic E-state index is -2.92. The second-order valence-electron chi connectivity index (χ2n) is 5.65. The fourth-order valence-corrected chi connectivity index (χ4v) is 2.54. The van der Waals surface area contributed by atoms with Crippen molar-refractivity contribution in [2.45, 2.75) is 6.61 Å². The van der Waals surface area contributed by atoms with Crippen LogP contribution in [-0.4, -0.2) is 22.3 Å². The maximum absolute atomic E-state index is 12.3. The van der Waals surface area contributed by atoms with Gasteiger partial charge in [0.05, 0.1) is 11.4 Å². The summed E-state index contributed by atoms with van der Waals surface area (Å²) in [6, 6.07) is 16.9. The topological polar surface area (TPSA) is 93.9 Å². The van der Waals surface area contributed by atoms with Crippen molar-refractivity contribution in [2.75, 3.05) is 0 Å². The van der Waals surface area contributed by atoms with E-state index in [4.69, 9.17) is 11.0 Å². The lowest BCUT2D eigenvalue weighted by Crippen LogP contribution is -2.12. The van der Waals surface area contributed by atoms with Gasteiger partial charge in [-0.1, -0.05) is 18.2 Å². The van der Waals surface area contributed by atoms with Crippen LogP contribution in [0.15, 0.2) is 66.4 Å². The van der Waals surface area contributed by atoms with Crippen LogP contribution in [0.25, 0.3) is 23.0 Å². The number of nitriles is 1. The lowest BCUT2D eigenvalue weighted by atomic mass is 10.1. The van der Waals surface area contributed by atoms with Crippen molar-refractivity contribution < 1.29 is 18.3 Å². The van der Waals surface area contributed by atoms with Gasteiger partial charge in [-0.25, -0.2) is 4.68 Å². The summed E-state index contributed by atoms with van der Waals surface area (Å²) < 4.78 is 30.6. The number of rotatable bonds is 6. The van der Waals surface area contributed by atoms with Crippen LogP contribution in [0, 0.1) is 11.3 Å². The molecule has 1 heterocycles. The number of alkyl halides is 2. The number of carbonyl (C=O) groups excluding carboxylic acids is 1. The second kappa shape index (κ2) is 8.14. The number of amides is 1. The molecule has 3 rings (SSSR count). The van der Waals surface area contributed by atoms with Gasteiger partial charge < -0.3 is 10.5 Å². The SMILES string of the molecule is N#CC(=Cc1cn(-c2ccccc2)nc1-c1ccc(OC(F)F)cc1)C(N)=O. The highest BCUT2D eigenvalue weighted by atomic mass is 19.3. The van der Waals surface area contributed by atoms with E-state index >= 15 is 0 Å². The van der Waals surface area contributed by atoms with E-state index in [1.165, 1.54) is 18.2 Å². The molecule has 0 aliphatic rings. The van der Waals surface area contributed by atoms with Crippen LogP contribution in [0.1, 0.15) is 5.56 Å². The van der Waals surface area contributed by atoms with Gasteiger partial charge >= 0.3 is 6.61 Å². The Labute approximate surface area is 159 Å². The molecule has 1 amide bonds. The molecular weight excluding hydrogens is 366 g/mol. The van der Waals surface area contributed by atoms with Crippen molar-refractivity contribution in [1.82, 2.24) is 9.78 Å². The van der Waals surface area contributed by atoms with Crippen molar-refractivity contribution >= 4 is 12.0 Å². The molecule has 0 spiro atoms. The first-order valence-electron chi connectivity index (χ1n) is 8.10. The molecule has 0 unspecified atom stereocenters. The number of hydrogen-bond donors (Lipinski definition) is 1. The molecule has 0 aliphatic heterocycles. The summed E-state index contributed by atoms with van der Waals surface area (Å²) in [7, 11) is 0. The number of nitrogens with zero attached hydrogens (tertiary/aromatic N) is 3.